The van der Waals surface area contributed by atoms with Crippen molar-refractivity contribution in [1.29, 1.82) is 0 Å². The van der Waals surface area contributed by atoms with E-state index in [1.165, 1.54) is 4.90 Å². The first-order valence-corrected chi connectivity index (χ1v) is 14.5. The average molecular weight is 536 g/mol. The number of halogens is 1. The summed E-state index contributed by atoms with van der Waals surface area (Å²) < 4.78 is 26.5. The van der Waals surface area contributed by atoms with Crippen LogP contribution in [0.15, 0.2) is 48.5 Å². The summed E-state index contributed by atoms with van der Waals surface area (Å²) in [7, 11) is -3.77. The van der Waals surface area contributed by atoms with Gasteiger partial charge in [-0.05, 0) is 61.1 Å². The molecule has 0 heterocycles. The highest BCUT2D eigenvalue weighted by Gasteiger charge is 2.32. The first kappa shape index (κ1) is 29.6. The number of anilines is 1. The molecule has 0 aromatic heterocycles. The molecule has 0 radical (unpaired) electrons. The van der Waals surface area contributed by atoms with Gasteiger partial charge in [0.15, 0.2) is 0 Å². The largest absolute Gasteiger partial charge is 0.352 e. The number of hydrogen-bond acceptors (Lipinski definition) is 4. The molecule has 0 fully saturated rings. The van der Waals surface area contributed by atoms with Crippen LogP contribution in [0.2, 0.25) is 5.02 Å². The van der Waals surface area contributed by atoms with Crippen LogP contribution in [0.4, 0.5) is 5.69 Å². The van der Waals surface area contributed by atoms with Gasteiger partial charge in [-0.3, -0.25) is 13.9 Å². The number of nitrogens with one attached hydrogen (secondary N) is 1. The standard InChI is InChI=1S/C27H38ClN3O4S/c1-7-20(5)29-27(33)25(8-2)30(17-21-9-13-23(28)14-10-21)26(32)18-31(36(6,34)35)24-15-11-22(12-16-24)19(3)4/h9-16,19-20,25H,7-8,17-18H2,1-6H3,(H,29,33)/t20-,25+/m0/s1. The smallest absolute Gasteiger partial charge is 0.244 e. The summed E-state index contributed by atoms with van der Waals surface area (Å²) >= 11 is 6.02. The monoisotopic (exact) mass is 535 g/mol. The second kappa shape index (κ2) is 13.1. The summed E-state index contributed by atoms with van der Waals surface area (Å²) in [6, 6.07) is 13.4. The van der Waals surface area contributed by atoms with Gasteiger partial charge in [-0.2, -0.15) is 0 Å². The summed E-state index contributed by atoms with van der Waals surface area (Å²) in [6.07, 6.45) is 2.21. The van der Waals surface area contributed by atoms with E-state index < -0.39 is 28.5 Å². The normalized spacial score (nSPS) is 13.2. The van der Waals surface area contributed by atoms with Gasteiger partial charge >= 0.3 is 0 Å². The lowest BCUT2D eigenvalue weighted by Crippen LogP contribution is -2.53. The predicted octanol–water partition coefficient (Wildman–Crippen LogP) is 4.95. The molecule has 7 nitrogen and oxygen atoms in total. The molecule has 0 saturated heterocycles. The molecule has 0 unspecified atom stereocenters. The van der Waals surface area contributed by atoms with Crippen LogP contribution in [0.3, 0.4) is 0 Å². The molecule has 2 rings (SSSR count). The summed E-state index contributed by atoms with van der Waals surface area (Å²) in [5.41, 5.74) is 2.25. The van der Waals surface area contributed by atoms with Crippen LogP contribution in [0.1, 0.15) is 64.5 Å². The van der Waals surface area contributed by atoms with Crippen molar-refractivity contribution in [3.63, 3.8) is 0 Å². The quantitative estimate of drug-likeness (QED) is 0.416. The zero-order valence-electron chi connectivity index (χ0n) is 22.0. The third-order valence-electron chi connectivity index (χ3n) is 6.18. The molecule has 0 bridgehead atoms. The van der Waals surface area contributed by atoms with Crippen LogP contribution in [-0.4, -0.2) is 50.0 Å². The number of rotatable bonds is 12. The third-order valence-corrected chi connectivity index (χ3v) is 7.57. The number of nitrogens with zero attached hydrogens (tertiary/aromatic N) is 2. The summed E-state index contributed by atoms with van der Waals surface area (Å²) in [5.74, 6) is -0.438. The van der Waals surface area contributed by atoms with E-state index in [2.05, 4.69) is 19.2 Å². The van der Waals surface area contributed by atoms with Gasteiger partial charge in [0, 0.05) is 17.6 Å². The Balaban J connectivity index is 2.42. The van der Waals surface area contributed by atoms with Crippen molar-refractivity contribution in [1.82, 2.24) is 10.2 Å². The molecular weight excluding hydrogens is 498 g/mol. The minimum absolute atomic E-state index is 0.0500. The minimum atomic E-state index is -3.77. The maximum Gasteiger partial charge on any atom is 0.244 e. The molecular formula is C27H38ClN3O4S. The van der Waals surface area contributed by atoms with Crippen molar-refractivity contribution < 1.29 is 18.0 Å². The maximum absolute atomic E-state index is 13.7. The van der Waals surface area contributed by atoms with Gasteiger partial charge in [0.05, 0.1) is 11.9 Å². The molecule has 0 aliphatic heterocycles. The number of benzene rings is 2. The lowest BCUT2D eigenvalue weighted by atomic mass is 10.0. The second-order valence-electron chi connectivity index (χ2n) is 9.41. The molecule has 9 heteroatoms. The first-order valence-electron chi connectivity index (χ1n) is 12.3. The van der Waals surface area contributed by atoms with Gasteiger partial charge in [-0.15, -0.1) is 0 Å². The van der Waals surface area contributed by atoms with Crippen molar-refractivity contribution >= 4 is 39.1 Å². The third kappa shape index (κ3) is 8.23. The fourth-order valence-corrected chi connectivity index (χ4v) is 4.76. The molecule has 0 aliphatic rings. The van der Waals surface area contributed by atoms with Gasteiger partial charge in [0.1, 0.15) is 12.6 Å². The first-order chi connectivity index (χ1) is 16.9. The van der Waals surface area contributed by atoms with E-state index >= 15 is 0 Å². The molecule has 198 valence electrons. The van der Waals surface area contributed by atoms with Crippen molar-refractivity contribution in [2.75, 3.05) is 17.1 Å². The van der Waals surface area contributed by atoms with Gasteiger partial charge in [-0.25, -0.2) is 8.42 Å². The van der Waals surface area contributed by atoms with Gasteiger partial charge in [0.2, 0.25) is 21.8 Å². The van der Waals surface area contributed by atoms with Crippen molar-refractivity contribution in [2.24, 2.45) is 0 Å². The molecule has 0 spiro atoms. The number of carbonyl (C=O) groups is 2. The Bertz CT molecular complexity index is 1120. The van der Waals surface area contributed by atoms with Crippen LogP contribution in [0.25, 0.3) is 0 Å². The van der Waals surface area contributed by atoms with Gasteiger partial charge < -0.3 is 10.2 Å². The zero-order chi connectivity index (χ0) is 27.0. The predicted molar refractivity (Wildman–Crippen MR) is 147 cm³/mol. The Morgan fingerprint density at radius 2 is 1.53 bits per heavy atom. The lowest BCUT2D eigenvalue weighted by Gasteiger charge is -2.33. The van der Waals surface area contributed by atoms with Crippen LogP contribution in [0, 0.1) is 0 Å². The van der Waals surface area contributed by atoms with Crippen LogP contribution in [-0.2, 0) is 26.2 Å². The topological polar surface area (TPSA) is 86.8 Å². The van der Waals surface area contributed by atoms with E-state index in [4.69, 9.17) is 11.6 Å². The molecule has 2 atom stereocenters. The molecule has 0 saturated carbocycles. The maximum atomic E-state index is 13.7. The number of hydrogen-bond donors (Lipinski definition) is 1. The minimum Gasteiger partial charge on any atom is -0.352 e. The van der Waals surface area contributed by atoms with E-state index in [1.807, 2.05) is 32.9 Å². The van der Waals surface area contributed by atoms with Gasteiger partial charge in [0.25, 0.3) is 0 Å². The SMILES string of the molecule is CC[C@H](C(=O)N[C@@H](C)CC)N(Cc1ccc(Cl)cc1)C(=O)CN(c1ccc(C(C)C)cc1)S(C)(=O)=O. The zero-order valence-corrected chi connectivity index (χ0v) is 23.6. The highest BCUT2D eigenvalue weighted by atomic mass is 35.5. The highest BCUT2D eigenvalue weighted by molar-refractivity contribution is 7.92. The Morgan fingerprint density at radius 1 is 0.944 bits per heavy atom. The van der Waals surface area contributed by atoms with E-state index in [1.54, 1.807) is 36.4 Å². The number of amides is 2. The molecule has 1 N–H and O–H groups in total. The Labute approximate surface area is 220 Å². The second-order valence-corrected chi connectivity index (χ2v) is 11.7. The fourth-order valence-electron chi connectivity index (χ4n) is 3.79. The van der Waals surface area contributed by atoms with Crippen molar-refractivity contribution in [3.8, 4) is 0 Å². The van der Waals surface area contributed by atoms with E-state index in [-0.39, 0.29) is 24.4 Å². The van der Waals surface area contributed by atoms with Crippen molar-refractivity contribution in [3.05, 3.63) is 64.7 Å². The average Bonchev–Trinajstić information content (AvgIpc) is 2.82. The summed E-state index contributed by atoms with van der Waals surface area (Å²) in [6.45, 7) is 9.54. The van der Waals surface area contributed by atoms with E-state index in [0.29, 0.717) is 17.1 Å². The van der Waals surface area contributed by atoms with Crippen LogP contribution >= 0.6 is 11.6 Å². The molecule has 0 aliphatic carbocycles. The Kier molecular flexibility index (Phi) is 10.8. The van der Waals surface area contributed by atoms with Crippen LogP contribution in [0.5, 0.6) is 0 Å². The van der Waals surface area contributed by atoms with Crippen LogP contribution < -0.4 is 9.62 Å². The number of carbonyl (C=O) groups excluding carboxylic acids is 2. The molecule has 36 heavy (non-hydrogen) atoms. The molecule has 2 aromatic rings. The molecule has 2 aromatic carbocycles. The Hall–Kier alpha value is -2.58. The van der Waals surface area contributed by atoms with E-state index in [9.17, 15) is 18.0 Å². The Morgan fingerprint density at radius 3 is 2.00 bits per heavy atom. The summed E-state index contributed by atoms with van der Waals surface area (Å²) in [4.78, 5) is 28.3. The lowest BCUT2D eigenvalue weighted by molar-refractivity contribution is -0.140. The highest BCUT2D eigenvalue weighted by Crippen LogP contribution is 2.23. The van der Waals surface area contributed by atoms with Gasteiger partial charge in [-0.1, -0.05) is 63.6 Å². The molecule has 2 amide bonds. The fraction of sp³-hybridized carbons (Fsp3) is 0.481. The number of sulfonamides is 1. The summed E-state index contributed by atoms with van der Waals surface area (Å²) in [5, 5.41) is 3.52. The van der Waals surface area contributed by atoms with E-state index in [0.717, 1.165) is 28.1 Å². The van der Waals surface area contributed by atoms with Crippen molar-refractivity contribution in [2.45, 2.75) is 72.0 Å².